The van der Waals surface area contributed by atoms with Crippen molar-refractivity contribution in [2.75, 3.05) is 6.54 Å². The van der Waals surface area contributed by atoms with Gasteiger partial charge in [0.2, 0.25) is 0 Å². The molecule has 76 valence electrons. The molecule has 0 spiro atoms. The average molecular weight is 191 g/mol. The lowest BCUT2D eigenvalue weighted by Gasteiger charge is -2.05. The summed E-state index contributed by atoms with van der Waals surface area (Å²) in [4.78, 5) is 4.25. The largest absolute Gasteiger partial charge is 0.312 e. The predicted molar refractivity (Wildman–Crippen MR) is 60.2 cm³/mol. The van der Waals surface area contributed by atoms with Gasteiger partial charge in [0.1, 0.15) is 5.84 Å². The van der Waals surface area contributed by atoms with Gasteiger partial charge in [0.15, 0.2) is 0 Å². The highest BCUT2D eigenvalue weighted by atomic mass is 15.2. The van der Waals surface area contributed by atoms with Crippen LogP contribution in [0.15, 0.2) is 29.3 Å². The van der Waals surface area contributed by atoms with Gasteiger partial charge in [-0.05, 0) is 19.4 Å². The highest BCUT2D eigenvalue weighted by Crippen LogP contribution is 2.04. The Morgan fingerprint density at radius 2 is 2.29 bits per heavy atom. The lowest BCUT2D eigenvalue weighted by molar-refractivity contribution is 0.957. The highest BCUT2D eigenvalue weighted by molar-refractivity contribution is 5.83. The second-order valence-corrected chi connectivity index (χ2v) is 3.23. The van der Waals surface area contributed by atoms with Crippen LogP contribution in [0, 0.1) is 6.92 Å². The molecule has 3 nitrogen and oxygen atoms in total. The van der Waals surface area contributed by atoms with Crippen LogP contribution in [0.4, 0.5) is 0 Å². The predicted octanol–water partition coefficient (Wildman–Crippen LogP) is 1.42. The van der Waals surface area contributed by atoms with Crippen LogP contribution < -0.4 is 11.3 Å². The minimum absolute atomic E-state index is 0.755. The standard InChI is InChI=1S/C11H17N3/c1-3-13-11(14-12)8-10-6-4-5-9(2)7-10/h4-7H,3,8,12H2,1-2H3,(H,13,14). The topological polar surface area (TPSA) is 50.4 Å². The van der Waals surface area contributed by atoms with E-state index in [1.165, 1.54) is 11.1 Å². The van der Waals surface area contributed by atoms with Gasteiger partial charge in [-0.1, -0.05) is 29.8 Å². The number of benzene rings is 1. The summed E-state index contributed by atoms with van der Waals surface area (Å²) >= 11 is 0. The fourth-order valence-electron chi connectivity index (χ4n) is 1.36. The molecule has 0 radical (unpaired) electrons. The molecule has 0 saturated heterocycles. The number of hydrogen-bond donors (Lipinski definition) is 2. The molecule has 1 rings (SSSR count). The SMILES string of the molecule is CCN=C(Cc1cccc(C)c1)NN. The molecule has 0 unspecified atom stereocenters. The molecule has 0 aromatic heterocycles. The molecule has 0 atom stereocenters. The van der Waals surface area contributed by atoms with E-state index in [-0.39, 0.29) is 0 Å². The monoisotopic (exact) mass is 191 g/mol. The minimum Gasteiger partial charge on any atom is -0.312 e. The van der Waals surface area contributed by atoms with Crippen molar-refractivity contribution in [2.45, 2.75) is 20.3 Å². The summed E-state index contributed by atoms with van der Waals surface area (Å²) in [5.41, 5.74) is 5.11. The summed E-state index contributed by atoms with van der Waals surface area (Å²) < 4.78 is 0. The van der Waals surface area contributed by atoms with Gasteiger partial charge in [-0.2, -0.15) is 0 Å². The molecule has 0 amide bonds. The van der Waals surface area contributed by atoms with Crippen LogP contribution >= 0.6 is 0 Å². The van der Waals surface area contributed by atoms with E-state index < -0.39 is 0 Å². The molecular formula is C11H17N3. The Morgan fingerprint density at radius 1 is 1.50 bits per heavy atom. The first kappa shape index (κ1) is 10.7. The summed E-state index contributed by atoms with van der Waals surface area (Å²) in [5, 5.41) is 0. The van der Waals surface area contributed by atoms with E-state index in [1.54, 1.807) is 0 Å². The van der Waals surface area contributed by atoms with Crippen LogP contribution in [-0.4, -0.2) is 12.4 Å². The zero-order valence-electron chi connectivity index (χ0n) is 8.75. The molecule has 3 N–H and O–H groups in total. The fourth-order valence-corrected chi connectivity index (χ4v) is 1.36. The number of hydrazine groups is 1. The number of amidine groups is 1. The van der Waals surface area contributed by atoms with E-state index in [9.17, 15) is 0 Å². The van der Waals surface area contributed by atoms with E-state index in [2.05, 4.69) is 35.5 Å². The maximum Gasteiger partial charge on any atom is 0.115 e. The number of nitrogens with zero attached hydrogens (tertiary/aromatic N) is 1. The van der Waals surface area contributed by atoms with Crippen molar-refractivity contribution in [3.05, 3.63) is 35.4 Å². The minimum atomic E-state index is 0.755. The van der Waals surface area contributed by atoms with Gasteiger partial charge >= 0.3 is 0 Å². The Balaban J connectivity index is 2.72. The molecule has 0 saturated carbocycles. The Kier molecular flexibility index (Phi) is 4.13. The van der Waals surface area contributed by atoms with Gasteiger partial charge in [-0.15, -0.1) is 0 Å². The van der Waals surface area contributed by atoms with E-state index in [4.69, 9.17) is 5.84 Å². The first-order chi connectivity index (χ1) is 6.76. The number of nitrogens with two attached hydrogens (primary N) is 1. The first-order valence-corrected chi connectivity index (χ1v) is 4.81. The molecular weight excluding hydrogens is 174 g/mol. The summed E-state index contributed by atoms with van der Waals surface area (Å²) in [7, 11) is 0. The highest BCUT2D eigenvalue weighted by Gasteiger charge is 1.98. The maximum absolute atomic E-state index is 5.36. The van der Waals surface area contributed by atoms with Crippen molar-refractivity contribution in [1.82, 2.24) is 5.43 Å². The quantitative estimate of drug-likeness (QED) is 0.328. The van der Waals surface area contributed by atoms with Gasteiger partial charge in [0.05, 0.1) is 0 Å². The third-order valence-corrected chi connectivity index (χ3v) is 1.97. The number of aryl methyl sites for hydroxylation is 1. The summed E-state index contributed by atoms with van der Waals surface area (Å²) in [6.45, 7) is 4.83. The third kappa shape index (κ3) is 3.18. The van der Waals surface area contributed by atoms with Crippen LogP contribution in [-0.2, 0) is 6.42 Å². The second kappa shape index (κ2) is 5.40. The molecule has 1 aromatic carbocycles. The average Bonchev–Trinajstić information content (AvgIpc) is 2.17. The molecule has 0 aliphatic heterocycles. The second-order valence-electron chi connectivity index (χ2n) is 3.23. The molecule has 0 aliphatic rings. The Bertz CT molecular complexity index is 318. The summed E-state index contributed by atoms with van der Waals surface area (Å²) in [6.07, 6.45) is 0.770. The van der Waals surface area contributed by atoms with Crippen LogP contribution in [0.1, 0.15) is 18.1 Å². The number of nitrogens with one attached hydrogen (secondary N) is 1. The van der Waals surface area contributed by atoms with Crippen molar-refractivity contribution in [1.29, 1.82) is 0 Å². The van der Waals surface area contributed by atoms with Gasteiger partial charge in [0, 0.05) is 13.0 Å². The van der Waals surface area contributed by atoms with Crippen molar-refractivity contribution in [2.24, 2.45) is 10.8 Å². The zero-order valence-corrected chi connectivity index (χ0v) is 8.75. The normalized spacial score (nSPS) is 11.5. The summed E-state index contributed by atoms with van der Waals surface area (Å²) in [6, 6.07) is 8.35. The van der Waals surface area contributed by atoms with Gasteiger partial charge < -0.3 is 5.43 Å². The fraction of sp³-hybridized carbons (Fsp3) is 0.364. The molecule has 0 heterocycles. The number of rotatable bonds is 3. The van der Waals surface area contributed by atoms with Gasteiger partial charge in [0.25, 0.3) is 0 Å². The van der Waals surface area contributed by atoms with Crippen LogP contribution in [0.5, 0.6) is 0 Å². The molecule has 0 aliphatic carbocycles. The van der Waals surface area contributed by atoms with E-state index in [1.807, 2.05) is 13.0 Å². The van der Waals surface area contributed by atoms with Crippen LogP contribution in [0.2, 0.25) is 0 Å². The van der Waals surface area contributed by atoms with Crippen LogP contribution in [0.25, 0.3) is 0 Å². The van der Waals surface area contributed by atoms with E-state index in [0.717, 1.165) is 18.8 Å². The molecule has 3 heteroatoms. The van der Waals surface area contributed by atoms with Crippen molar-refractivity contribution < 1.29 is 0 Å². The molecule has 1 aromatic rings. The molecule has 0 fully saturated rings. The van der Waals surface area contributed by atoms with Gasteiger partial charge in [-0.25, -0.2) is 5.84 Å². The van der Waals surface area contributed by atoms with E-state index >= 15 is 0 Å². The Morgan fingerprint density at radius 3 is 2.86 bits per heavy atom. The Hall–Kier alpha value is -1.35. The van der Waals surface area contributed by atoms with Crippen LogP contribution in [0.3, 0.4) is 0 Å². The zero-order chi connectivity index (χ0) is 10.4. The number of hydrogen-bond acceptors (Lipinski definition) is 2. The van der Waals surface area contributed by atoms with Crippen molar-refractivity contribution in [3.8, 4) is 0 Å². The first-order valence-electron chi connectivity index (χ1n) is 4.81. The molecule has 0 bridgehead atoms. The maximum atomic E-state index is 5.36. The summed E-state index contributed by atoms with van der Waals surface area (Å²) in [5.74, 6) is 6.20. The molecule has 14 heavy (non-hydrogen) atoms. The van der Waals surface area contributed by atoms with Gasteiger partial charge in [-0.3, -0.25) is 4.99 Å². The van der Waals surface area contributed by atoms with Crippen molar-refractivity contribution >= 4 is 5.84 Å². The third-order valence-electron chi connectivity index (χ3n) is 1.97. The smallest absolute Gasteiger partial charge is 0.115 e. The Labute approximate surface area is 85.0 Å². The van der Waals surface area contributed by atoms with Crippen molar-refractivity contribution in [3.63, 3.8) is 0 Å². The number of aliphatic imine (C=N–C) groups is 1. The lowest BCUT2D eigenvalue weighted by atomic mass is 10.1. The lowest BCUT2D eigenvalue weighted by Crippen LogP contribution is -2.32. The van der Waals surface area contributed by atoms with E-state index in [0.29, 0.717) is 0 Å².